The summed E-state index contributed by atoms with van der Waals surface area (Å²) >= 11 is 12.0. The van der Waals surface area contributed by atoms with Crippen LogP contribution in [0.4, 0.5) is 4.79 Å². The molecule has 0 spiro atoms. The van der Waals surface area contributed by atoms with Gasteiger partial charge in [0.1, 0.15) is 11.2 Å². The fourth-order valence-corrected chi connectivity index (χ4v) is 4.22. The van der Waals surface area contributed by atoms with Crippen LogP contribution >= 0.6 is 23.2 Å². The molecule has 0 unspecified atom stereocenters. The van der Waals surface area contributed by atoms with Gasteiger partial charge in [-0.2, -0.15) is 5.10 Å². The molecule has 0 radical (unpaired) electrons. The predicted octanol–water partition coefficient (Wildman–Crippen LogP) is 4.03. The van der Waals surface area contributed by atoms with Gasteiger partial charge in [0.25, 0.3) is 5.56 Å². The van der Waals surface area contributed by atoms with Crippen molar-refractivity contribution in [3.63, 3.8) is 0 Å². The summed E-state index contributed by atoms with van der Waals surface area (Å²) < 4.78 is 1.68. The van der Waals surface area contributed by atoms with Gasteiger partial charge in [-0.05, 0) is 36.8 Å². The molecule has 0 bridgehead atoms. The van der Waals surface area contributed by atoms with Crippen molar-refractivity contribution in [3.05, 3.63) is 86.0 Å². The number of aromatic nitrogens is 4. The number of rotatable bonds is 4. The fourth-order valence-electron chi connectivity index (χ4n) is 3.90. The van der Waals surface area contributed by atoms with Crippen molar-refractivity contribution in [1.82, 2.24) is 30.0 Å². The van der Waals surface area contributed by atoms with Crippen molar-refractivity contribution in [1.29, 1.82) is 0 Å². The molecule has 1 aliphatic rings. The van der Waals surface area contributed by atoms with Gasteiger partial charge in [-0.3, -0.25) is 4.79 Å². The van der Waals surface area contributed by atoms with Gasteiger partial charge in [0, 0.05) is 19.6 Å². The van der Waals surface area contributed by atoms with Crippen LogP contribution < -0.4 is 10.9 Å². The minimum absolute atomic E-state index is 0.0581. The Bertz CT molecular complexity index is 1410. The zero-order valence-electron chi connectivity index (χ0n) is 17.7. The molecule has 0 atom stereocenters. The van der Waals surface area contributed by atoms with Gasteiger partial charge in [-0.1, -0.05) is 47.5 Å². The average Bonchev–Trinajstić information content (AvgIpc) is 3.11. The lowest BCUT2D eigenvalue weighted by molar-refractivity contribution is 0.148. The number of amides is 2. The van der Waals surface area contributed by atoms with Gasteiger partial charge in [-0.25, -0.2) is 14.5 Å². The fraction of sp³-hybridized carbons (Fsp3) is 0.217. The normalized spacial score (nSPS) is 13.8. The summed E-state index contributed by atoms with van der Waals surface area (Å²) in [7, 11) is 0. The number of urea groups is 1. The standard InChI is InChI=1S/C23H20Cl2N6O2/c1-13-19-21(31(29-13)16-5-3-2-4-6-16)27-20(28-22(19)32)15-11-30(12-15)23(33)26-10-14-7-8-17(24)18(25)9-14/h2-9,15H,10-12H2,1H3,(H,26,33)(H,27,28,32). The summed E-state index contributed by atoms with van der Waals surface area (Å²) in [4.78, 5) is 34.5. The number of nitrogens with zero attached hydrogens (tertiary/aromatic N) is 4. The summed E-state index contributed by atoms with van der Waals surface area (Å²) in [5.41, 5.74) is 2.59. The Kier molecular flexibility index (Phi) is 5.55. The number of likely N-dealkylation sites (tertiary alicyclic amines) is 1. The molecule has 2 amide bonds. The molecule has 0 aliphatic carbocycles. The van der Waals surface area contributed by atoms with E-state index in [9.17, 15) is 9.59 Å². The maximum atomic E-state index is 12.8. The van der Waals surface area contributed by atoms with Crippen LogP contribution in [0.1, 0.15) is 23.0 Å². The number of carbonyl (C=O) groups is 1. The van der Waals surface area contributed by atoms with Crippen LogP contribution in [0.15, 0.2) is 53.3 Å². The van der Waals surface area contributed by atoms with E-state index in [0.717, 1.165) is 11.3 Å². The molecule has 4 aromatic rings. The van der Waals surface area contributed by atoms with Crippen molar-refractivity contribution in [3.8, 4) is 5.69 Å². The second-order valence-corrected chi connectivity index (χ2v) is 8.81. The molecular weight excluding hydrogens is 463 g/mol. The van der Waals surface area contributed by atoms with Crippen LogP contribution in [0.25, 0.3) is 16.7 Å². The van der Waals surface area contributed by atoms with E-state index >= 15 is 0 Å². The second-order valence-electron chi connectivity index (χ2n) is 7.99. The number of aryl methyl sites for hydroxylation is 1. The summed E-state index contributed by atoms with van der Waals surface area (Å²) in [5, 5.41) is 8.78. The molecule has 168 valence electrons. The minimum atomic E-state index is -0.225. The zero-order chi connectivity index (χ0) is 23.1. The van der Waals surface area contributed by atoms with E-state index in [2.05, 4.69) is 15.4 Å². The number of carbonyl (C=O) groups excluding carboxylic acids is 1. The van der Waals surface area contributed by atoms with Crippen molar-refractivity contribution >= 4 is 40.3 Å². The summed E-state index contributed by atoms with van der Waals surface area (Å²) in [6.45, 7) is 3.05. The topological polar surface area (TPSA) is 95.9 Å². The summed E-state index contributed by atoms with van der Waals surface area (Å²) in [5.74, 6) is 0.496. The maximum absolute atomic E-state index is 12.8. The number of H-pyrrole nitrogens is 1. The van der Waals surface area contributed by atoms with Crippen LogP contribution in [0, 0.1) is 6.92 Å². The first-order valence-corrected chi connectivity index (χ1v) is 11.2. The van der Waals surface area contributed by atoms with Gasteiger partial charge in [-0.15, -0.1) is 0 Å². The smallest absolute Gasteiger partial charge is 0.317 e. The highest BCUT2D eigenvalue weighted by Gasteiger charge is 2.34. The predicted molar refractivity (Wildman–Crippen MR) is 127 cm³/mol. The van der Waals surface area contributed by atoms with E-state index in [-0.39, 0.29) is 17.5 Å². The lowest BCUT2D eigenvalue weighted by atomic mass is 9.99. The molecule has 1 fully saturated rings. The molecule has 10 heteroatoms. The van der Waals surface area contributed by atoms with E-state index in [1.54, 1.807) is 28.6 Å². The SMILES string of the molecule is Cc1nn(-c2ccccc2)c2nc(C3CN(C(=O)NCc4ccc(Cl)c(Cl)c4)C3)[nH]c(=O)c12. The zero-order valence-corrected chi connectivity index (χ0v) is 19.2. The van der Waals surface area contributed by atoms with Gasteiger partial charge < -0.3 is 15.2 Å². The molecule has 2 aromatic carbocycles. The first-order valence-electron chi connectivity index (χ1n) is 10.4. The Hall–Kier alpha value is -3.36. The lowest BCUT2D eigenvalue weighted by Crippen LogP contribution is -2.53. The van der Waals surface area contributed by atoms with Crippen LogP contribution in [0.5, 0.6) is 0 Å². The number of benzene rings is 2. The largest absolute Gasteiger partial charge is 0.334 e. The van der Waals surface area contributed by atoms with Gasteiger partial charge in [0.15, 0.2) is 5.65 Å². The third-order valence-corrected chi connectivity index (χ3v) is 6.45. The second kappa shape index (κ2) is 8.53. The highest BCUT2D eigenvalue weighted by atomic mass is 35.5. The number of aromatic amines is 1. The Balaban J connectivity index is 1.30. The van der Waals surface area contributed by atoms with E-state index in [4.69, 9.17) is 28.2 Å². The first kappa shape index (κ1) is 21.5. The van der Waals surface area contributed by atoms with Crippen molar-refractivity contribution in [2.24, 2.45) is 0 Å². The Morgan fingerprint density at radius 3 is 2.64 bits per heavy atom. The molecule has 5 rings (SSSR count). The highest BCUT2D eigenvalue weighted by molar-refractivity contribution is 6.42. The number of halogens is 2. The molecule has 1 aliphatic heterocycles. The molecule has 3 heterocycles. The van der Waals surface area contributed by atoms with Crippen LogP contribution in [0.3, 0.4) is 0 Å². The van der Waals surface area contributed by atoms with E-state index in [0.29, 0.717) is 52.2 Å². The monoisotopic (exact) mass is 482 g/mol. The highest BCUT2D eigenvalue weighted by Crippen LogP contribution is 2.26. The van der Waals surface area contributed by atoms with Gasteiger partial charge in [0.05, 0.1) is 27.3 Å². The van der Waals surface area contributed by atoms with Gasteiger partial charge in [0.2, 0.25) is 0 Å². The summed E-state index contributed by atoms with van der Waals surface area (Å²) in [6, 6.07) is 14.6. The minimum Gasteiger partial charge on any atom is -0.334 e. The molecule has 2 N–H and O–H groups in total. The average molecular weight is 483 g/mol. The third-order valence-electron chi connectivity index (χ3n) is 5.72. The van der Waals surface area contributed by atoms with Crippen LogP contribution in [0.2, 0.25) is 10.0 Å². The van der Waals surface area contributed by atoms with Crippen molar-refractivity contribution in [2.45, 2.75) is 19.4 Å². The quantitative estimate of drug-likeness (QED) is 0.458. The molecule has 2 aromatic heterocycles. The third kappa shape index (κ3) is 4.07. The Morgan fingerprint density at radius 2 is 1.91 bits per heavy atom. The van der Waals surface area contributed by atoms with Crippen molar-refractivity contribution < 1.29 is 4.79 Å². The Labute approximate surface area is 199 Å². The summed E-state index contributed by atoms with van der Waals surface area (Å²) in [6.07, 6.45) is 0. The molecule has 1 saturated heterocycles. The Morgan fingerprint density at radius 1 is 1.15 bits per heavy atom. The van der Waals surface area contributed by atoms with Gasteiger partial charge >= 0.3 is 6.03 Å². The molecule has 8 nitrogen and oxygen atoms in total. The number of nitrogens with one attached hydrogen (secondary N) is 2. The molecule has 0 saturated carbocycles. The van der Waals surface area contributed by atoms with E-state index in [1.165, 1.54) is 0 Å². The number of para-hydroxylation sites is 1. The number of hydrogen-bond donors (Lipinski definition) is 2. The molecule has 33 heavy (non-hydrogen) atoms. The van der Waals surface area contributed by atoms with E-state index < -0.39 is 0 Å². The lowest BCUT2D eigenvalue weighted by Gasteiger charge is -2.38. The van der Waals surface area contributed by atoms with E-state index in [1.807, 2.05) is 36.4 Å². The first-order chi connectivity index (χ1) is 15.9. The van der Waals surface area contributed by atoms with Crippen LogP contribution in [-0.4, -0.2) is 43.8 Å². The number of fused-ring (bicyclic) bond motifs is 1. The number of hydrogen-bond acceptors (Lipinski definition) is 4. The maximum Gasteiger partial charge on any atom is 0.317 e. The molecular formula is C23H20Cl2N6O2. The van der Waals surface area contributed by atoms with Crippen molar-refractivity contribution in [2.75, 3.05) is 13.1 Å². The van der Waals surface area contributed by atoms with Crippen LogP contribution in [-0.2, 0) is 6.54 Å².